The molecule has 2 amide bonds. The zero-order valence-corrected chi connectivity index (χ0v) is 18.2. The molecule has 3 aliphatic rings. The third-order valence-electron chi connectivity index (χ3n) is 6.36. The Bertz CT molecular complexity index is 793. The van der Waals surface area contributed by atoms with E-state index < -0.39 is 5.60 Å². The van der Waals surface area contributed by atoms with Crippen molar-refractivity contribution in [3.63, 3.8) is 0 Å². The van der Waals surface area contributed by atoms with Crippen LogP contribution < -0.4 is 4.90 Å². The van der Waals surface area contributed by atoms with E-state index in [9.17, 15) is 9.59 Å². The van der Waals surface area contributed by atoms with Crippen LogP contribution in [0, 0.1) is 11.3 Å². The maximum atomic E-state index is 12.5. The zero-order valence-electron chi connectivity index (χ0n) is 18.2. The van der Waals surface area contributed by atoms with E-state index in [1.807, 2.05) is 25.7 Å². The number of carbonyl (C=O) groups is 2. The van der Waals surface area contributed by atoms with Crippen LogP contribution in [0.25, 0.3) is 0 Å². The SMILES string of the molecule is CC(C)(C)C(=O)N1CCC(Cc2cncc(N3CC4(CCOCC4)OC3=O)n2)CC1. The molecule has 1 spiro atoms. The van der Waals surface area contributed by atoms with E-state index in [0.29, 0.717) is 44.3 Å². The molecule has 0 unspecified atom stereocenters. The molecular formula is C22H32N4O4. The molecule has 8 nitrogen and oxygen atoms in total. The van der Waals surface area contributed by atoms with Crippen molar-refractivity contribution in [2.45, 2.75) is 58.5 Å². The molecule has 30 heavy (non-hydrogen) atoms. The van der Waals surface area contributed by atoms with Gasteiger partial charge in [0.05, 0.1) is 31.6 Å². The summed E-state index contributed by atoms with van der Waals surface area (Å²) in [4.78, 5) is 37.6. The van der Waals surface area contributed by atoms with Gasteiger partial charge in [0, 0.05) is 37.5 Å². The maximum Gasteiger partial charge on any atom is 0.416 e. The van der Waals surface area contributed by atoms with Crippen LogP contribution in [0.4, 0.5) is 10.6 Å². The Labute approximate surface area is 177 Å². The minimum Gasteiger partial charge on any atom is -0.440 e. The minimum atomic E-state index is -0.459. The van der Waals surface area contributed by atoms with Gasteiger partial charge in [-0.05, 0) is 25.2 Å². The van der Waals surface area contributed by atoms with Crippen LogP contribution in [0.1, 0.15) is 52.1 Å². The summed E-state index contributed by atoms with van der Waals surface area (Å²) in [5.41, 5.74) is 0.0898. The molecule has 3 aliphatic heterocycles. The second-order valence-electron chi connectivity index (χ2n) is 9.81. The van der Waals surface area contributed by atoms with Gasteiger partial charge in [-0.25, -0.2) is 9.78 Å². The Morgan fingerprint density at radius 3 is 2.57 bits per heavy atom. The first kappa shape index (κ1) is 21.0. The molecule has 4 rings (SSSR count). The largest absolute Gasteiger partial charge is 0.440 e. The number of amides is 2. The summed E-state index contributed by atoms with van der Waals surface area (Å²) >= 11 is 0. The normalized spacial score (nSPS) is 22.4. The first-order valence-electron chi connectivity index (χ1n) is 10.9. The van der Waals surface area contributed by atoms with E-state index in [2.05, 4.69) is 4.98 Å². The number of nitrogens with zero attached hydrogens (tertiary/aromatic N) is 4. The highest BCUT2D eigenvalue weighted by Crippen LogP contribution is 2.34. The van der Waals surface area contributed by atoms with Crippen molar-refractivity contribution in [1.29, 1.82) is 0 Å². The Morgan fingerprint density at radius 1 is 1.20 bits per heavy atom. The van der Waals surface area contributed by atoms with Gasteiger partial charge in [-0.2, -0.15) is 0 Å². The standard InChI is InChI=1S/C22H32N4O4/c1-21(2,3)19(27)25-8-4-16(5-9-25)12-17-13-23-14-18(24-17)26-15-22(30-20(26)28)6-10-29-11-7-22/h13-14,16H,4-12,15H2,1-3H3. The number of likely N-dealkylation sites (tertiary alicyclic amines) is 1. The van der Waals surface area contributed by atoms with Crippen molar-refractivity contribution in [2.24, 2.45) is 11.3 Å². The lowest BCUT2D eigenvalue weighted by Gasteiger charge is -2.35. The predicted octanol–water partition coefficient (Wildman–Crippen LogP) is 2.81. The van der Waals surface area contributed by atoms with Crippen molar-refractivity contribution in [3.05, 3.63) is 18.1 Å². The van der Waals surface area contributed by atoms with Crippen molar-refractivity contribution in [2.75, 3.05) is 37.7 Å². The molecule has 8 heteroatoms. The molecule has 3 fully saturated rings. The minimum absolute atomic E-state index is 0.220. The van der Waals surface area contributed by atoms with Crippen LogP contribution in [-0.4, -0.2) is 65.3 Å². The predicted molar refractivity (Wildman–Crippen MR) is 111 cm³/mol. The fourth-order valence-corrected chi connectivity index (χ4v) is 4.54. The zero-order chi connectivity index (χ0) is 21.4. The van der Waals surface area contributed by atoms with Gasteiger partial charge in [-0.3, -0.25) is 14.7 Å². The Hall–Kier alpha value is -2.22. The second-order valence-corrected chi connectivity index (χ2v) is 9.81. The summed E-state index contributed by atoms with van der Waals surface area (Å²) in [6.07, 6.45) is 7.22. The average Bonchev–Trinajstić information content (AvgIpc) is 3.03. The van der Waals surface area contributed by atoms with Gasteiger partial charge in [0.25, 0.3) is 0 Å². The van der Waals surface area contributed by atoms with E-state index in [-0.39, 0.29) is 17.4 Å². The first-order valence-corrected chi connectivity index (χ1v) is 10.9. The molecule has 0 bridgehead atoms. The molecular weight excluding hydrogens is 384 g/mol. The van der Waals surface area contributed by atoms with Crippen molar-refractivity contribution in [3.8, 4) is 0 Å². The molecule has 4 heterocycles. The van der Waals surface area contributed by atoms with E-state index in [1.165, 1.54) is 0 Å². The summed E-state index contributed by atoms with van der Waals surface area (Å²) in [6, 6.07) is 0. The van der Waals surface area contributed by atoms with Crippen LogP contribution >= 0.6 is 0 Å². The van der Waals surface area contributed by atoms with Gasteiger partial charge in [-0.1, -0.05) is 20.8 Å². The summed E-state index contributed by atoms with van der Waals surface area (Å²) in [6.45, 7) is 9.21. The molecule has 1 aromatic rings. The van der Waals surface area contributed by atoms with Crippen LogP contribution in [-0.2, 0) is 20.7 Å². The van der Waals surface area contributed by atoms with E-state index >= 15 is 0 Å². The highest BCUT2D eigenvalue weighted by Gasteiger charge is 2.47. The van der Waals surface area contributed by atoms with Crippen molar-refractivity contribution < 1.29 is 19.1 Å². The fraction of sp³-hybridized carbons (Fsp3) is 0.727. The Kier molecular flexibility index (Phi) is 5.70. The van der Waals surface area contributed by atoms with Gasteiger partial charge < -0.3 is 14.4 Å². The van der Waals surface area contributed by atoms with E-state index in [1.54, 1.807) is 17.3 Å². The molecule has 3 saturated heterocycles. The highest BCUT2D eigenvalue weighted by atomic mass is 16.6. The first-order chi connectivity index (χ1) is 14.3. The number of hydrogen-bond donors (Lipinski definition) is 0. The number of carbonyl (C=O) groups excluding carboxylic acids is 2. The lowest BCUT2D eigenvalue weighted by atomic mass is 9.89. The summed E-state index contributed by atoms with van der Waals surface area (Å²) in [7, 11) is 0. The Balaban J connectivity index is 1.37. The number of anilines is 1. The third-order valence-corrected chi connectivity index (χ3v) is 6.36. The summed E-state index contributed by atoms with van der Waals surface area (Å²) in [5, 5.41) is 0. The second kappa shape index (κ2) is 8.13. The topological polar surface area (TPSA) is 84.9 Å². The third kappa shape index (κ3) is 4.43. The number of hydrogen-bond acceptors (Lipinski definition) is 6. The molecule has 0 aromatic carbocycles. The van der Waals surface area contributed by atoms with Crippen molar-refractivity contribution >= 4 is 17.8 Å². The molecule has 1 aromatic heterocycles. The molecule has 0 N–H and O–H groups in total. The fourth-order valence-electron chi connectivity index (χ4n) is 4.54. The smallest absolute Gasteiger partial charge is 0.416 e. The molecule has 164 valence electrons. The number of rotatable bonds is 3. The van der Waals surface area contributed by atoms with Crippen LogP contribution in [0.15, 0.2) is 12.4 Å². The molecule has 0 aliphatic carbocycles. The quantitative estimate of drug-likeness (QED) is 0.753. The van der Waals surface area contributed by atoms with Gasteiger partial charge in [0.15, 0.2) is 5.82 Å². The Morgan fingerprint density at radius 2 is 1.90 bits per heavy atom. The van der Waals surface area contributed by atoms with Crippen LogP contribution in [0.2, 0.25) is 0 Å². The number of ether oxygens (including phenoxy) is 2. The number of aromatic nitrogens is 2. The van der Waals surface area contributed by atoms with Crippen LogP contribution in [0.5, 0.6) is 0 Å². The van der Waals surface area contributed by atoms with Gasteiger partial charge in [0.1, 0.15) is 5.60 Å². The maximum absolute atomic E-state index is 12.5. The van der Waals surface area contributed by atoms with Crippen LogP contribution in [0.3, 0.4) is 0 Å². The average molecular weight is 417 g/mol. The highest BCUT2D eigenvalue weighted by molar-refractivity contribution is 5.89. The summed E-state index contributed by atoms with van der Waals surface area (Å²) < 4.78 is 11.1. The number of piperidine rings is 1. The van der Waals surface area contributed by atoms with E-state index in [4.69, 9.17) is 14.5 Å². The van der Waals surface area contributed by atoms with Crippen molar-refractivity contribution in [1.82, 2.24) is 14.9 Å². The molecule has 0 atom stereocenters. The van der Waals surface area contributed by atoms with Gasteiger partial charge in [0.2, 0.25) is 5.91 Å². The molecule has 0 radical (unpaired) electrons. The molecule has 0 saturated carbocycles. The van der Waals surface area contributed by atoms with Gasteiger partial charge >= 0.3 is 6.09 Å². The summed E-state index contributed by atoms with van der Waals surface area (Å²) in [5.74, 6) is 1.24. The van der Waals surface area contributed by atoms with E-state index in [0.717, 1.165) is 38.0 Å². The lowest BCUT2D eigenvalue weighted by Crippen LogP contribution is -2.44. The monoisotopic (exact) mass is 416 g/mol. The lowest BCUT2D eigenvalue weighted by molar-refractivity contribution is -0.140. The van der Waals surface area contributed by atoms with Gasteiger partial charge in [-0.15, -0.1) is 0 Å².